The first-order valence-corrected chi connectivity index (χ1v) is 7.91. The van der Waals surface area contributed by atoms with E-state index in [-0.39, 0.29) is 0 Å². The molecule has 27 heavy (non-hydrogen) atoms. The van der Waals surface area contributed by atoms with Gasteiger partial charge in [0.1, 0.15) is 11.6 Å². The number of carboxylic acid groups (broad SMARTS) is 1. The Balaban J connectivity index is 1.94. The van der Waals surface area contributed by atoms with E-state index in [1.807, 2.05) is 0 Å². The minimum absolute atomic E-state index is 0.400. The molecule has 0 radical (unpaired) electrons. The number of nitrogens with one attached hydrogen (secondary N) is 1. The molecule has 0 aliphatic rings. The standard InChI is InChI=1S/C18H12F2N4O3/c1-8-2-3-10-15-14(6-21-16(10)22-8)23-18(27)24(15)7-11-12(19)4-9(17(25)26)5-13(11)20/h2-6H,7H2,1H3,(H,23,27)(H,25,26). The fourth-order valence-corrected chi connectivity index (χ4v) is 3.01. The Morgan fingerprint density at radius 1 is 1.26 bits per heavy atom. The zero-order valence-corrected chi connectivity index (χ0v) is 14.0. The van der Waals surface area contributed by atoms with Gasteiger partial charge in [-0.3, -0.25) is 4.57 Å². The number of hydrogen-bond acceptors (Lipinski definition) is 4. The van der Waals surface area contributed by atoms with Crippen molar-refractivity contribution in [3.05, 3.63) is 69.4 Å². The predicted octanol–water partition coefficient (Wildman–Crippen LogP) is 2.61. The van der Waals surface area contributed by atoms with Crippen LogP contribution in [0.2, 0.25) is 0 Å². The number of carbonyl (C=O) groups is 1. The van der Waals surface area contributed by atoms with Crippen LogP contribution in [0.25, 0.3) is 22.1 Å². The Kier molecular flexibility index (Phi) is 3.72. The monoisotopic (exact) mass is 370 g/mol. The zero-order chi connectivity index (χ0) is 19.3. The van der Waals surface area contributed by atoms with Crippen LogP contribution in [0.4, 0.5) is 8.78 Å². The first-order chi connectivity index (χ1) is 12.8. The van der Waals surface area contributed by atoms with Crippen LogP contribution in [0.5, 0.6) is 0 Å². The van der Waals surface area contributed by atoms with Crippen LogP contribution in [0, 0.1) is 18.6 Å². The molecule has 136 valence electrons. The lowest BCUT2D eigenvalue weighted by atomic mass is 10.1. The van der Waals surface area contributed by atoms with E-state index in [0.29, 0.717) is 22.1 Å². The first-order valence-electron chi connectivity index (χ1n) is 7.91. The second-order valence-electron chi connectivity index (χ2n) is 6.08. The van der Waals surface area contributed by atoms with Gasteiger partial charge in [-0.05, 0) is 31.2 Å². The first kappa shape index (κ1) is 16.8. The van der Waals surface area contributed by atoms with E-state index in [1.165, 1.54) is 10.8 Å². The van der Waals surface area contributed by atoms with Gasteiger partial charge in [0.25, 0.3) is 0 Å². The molecule has 0 unspecified atom stereocenters. The second kappa shape index (κ2) is 5.97. The molecule has 0 bridgehead atoms. The maximum atomic E-state index is 14.3. The highest BCUT2D eigenvalue weighted by atomic mass is 19.1. The minimum atomic E-state index is -1.44. The number of aromatic carboxylic acids is 1. The van der Waals surface area contributed by atoms with Crippen LogP contribution in [-0.4, -0.2) is 30.6 Å². The summed E-state index contributed by atoms with van der Waals surface area (Å²) in [6.07, 6.45) is 1.43. The smallest absolute Gasteiger partial charge is 0.335 e. The van der Waals surface area contributed by atoms with E-state index >= 15 is 0 Å². The summed E-state index contributed by atoms with van der Waals surface area (Å²) in [5.74, 6) is -3.52. The number of rotatable bonds is 3. The Morgan fingerprint density at radius 3 is 2.63 bits per heavy atom. The topological polar surface area (TPSA) is 101 Å². The molecule has 0 saturated carbocycles. The molecule has 1 aromatic carbocycles. The van der Waals surface area contributed by atoms with Crippen molar-refractivity contribution in [3.63, 3.8) is 0 Å². The number of nitrogens with zero attached hydrogens (tertiary/aromatic N) is 3. The van der Waals surface area contributed by atoms with Crippen molar-refractivity contribution < 1.29 is 18.7 Å². The predicted molar refractivity (Wildman–Crippen MR) is 92.8 cm³/mol. The molecular weight excluding hydrogens is 358 g/mol. The number of aromatic amines is 1. The van der Waals surface area contributed by atoms with Crippen LogP contribution in [0.1, 0.15) is 21.6 Å². The summed E-state index contributed by atoms with van der Waals surface area (Å²) < 4.78 is 29.8. The molecule has 2 N–H and O–H groups in total. The molecule has 0 fully saturated rings. The van der Waals surface area contributed by atoms with E-state index < -0.39 is 41.0 Å². The summed E-state index contributed by atoms with van der Waals surface area (Å²) >= 11 is 0. The number of aromatic nitrogens is 4. The lowest BCUT2D eigenvalue weighted by Gasteiger charge is -2.09. The van der Waals surface area contributed by atoms with Crippen molar-refractivity contribution in [1.82, 2.24) is 19.5 Å². The summed E-state index contributed by atoms with van der Waals surface area (Å²) in [6, 6.07) is 4.93. The molecule has 4 rings (SSSR count). The number of pyridine rings is 2. The molecule has 4 aromatic rings. The Labute approximate surface area is 149 Å². The van der Waals surface area contributed by atoms with Crippen molar-refractivity contribution in [2.75, 3.05) is 0 Å². The fourth-order valence-electron chi connectivity index (χ4n) is 3.01. The summed E-state index contributed by atoms with van der Waals surface area (Å²) in [5, 5.41) is 9.46. The molecular formula is C18H12F2N4O3. The molecule has 0 amide bonds. The van der Waals surface area contributed by atoms with Gasteiger partial charge in [-0.1, -0.05) is 0 Å². The van der Waals surface area contributed by atoms with Gasteiger partial charge in [0.2, 0.25) is 0 Å². The van der Waals surface area contributed by atoms with Crippen molar-refractivity contribution in [3.8, 4) is 0 Å². The maximum absolute atomic E-state index is 14.3. The van der Waals surface area contributed by atoms with Crippen molar-refractivity contribution in [1.29, 1.82) is 0 Å². The van der Waals surface area contributed by atoms with Crippen LogP contribution in [-0.2, 0) is 6.54 Å². The maximum Gasteiger partial charge on any atom is 0.335 e. The normalized spacial score (nSPS) is 11.4. The highest BCUT2D eigenvalue weighted by molar-refractivity contribution is 6.00. The molecule has 0 aliphatic carbocycles. The number of halogens is 2. The summed E-state index contributed by atoms with van der Waals surface area (Å²) in [6.45, 7) is 1.38. The number of aryl methyl sites for hydroxylation is 1. The van der Waals surface area contributed by atoms with E-state index in [2.05, 4.69) is 15.0 Å². The van der Waals surface area contributed by atoms with Gasteiger partial charge in [0, 0.05) is 16.6 Å². The summed E-state index contributed by atoms with van der Waals surface area (Å²) in [4.78, 5) is 34.4. The highest BCUT2D eigenvalue weighted by Crippen LogP contribution is 2.23. The van der Waals surface area contributed by atoms with E-state index in [0.717, 1.165) is 17.8 Å². The zero-order valence-electron chi connectivity index (χ0n) is 14.0. The minimum Gasteiger partial charge on any atom is -0.478 e. The third-order valence-corrected chi connectivity index (χ3v) is 4.30. The molecule has 0 aliphatic heterocycles. The summed E-state index contributed by atoms with van der Waals surface area (Å²) in [7, 11) is 0. The average molecular weight is 370 g/mol. The Morgan fingerprint density at radius 2 is 1.96 bits per heavy atom. The average Bonchev–Trinajstić information content (AvgIpc) is 2.93. The molecule has 3 aromatic heterocycles. The highest BCUT2D eigenvalue weighted by Gasteiger charge is 2.18. The molecule has 0 spiro atoms. The number of hydrogen-bond donors (Lipinski definition) is 2. The number of H-pyrrole nitrogens is 1. The van der Waals surface area contributed by atoms with E-state index in [9.17, 15) is 18.4 Å². The van der Waals surface area contributed by atoms with Crippen molar-refractivity contribution in [2.24, 2.45) is 0 Å². The number of fused-ring (bicyclic) bond motifs is 3. The van der Waals surface area contributed by atoms with Crippen LogP contribution >= 0.6 is 0 Å². The third-order valence-electron chi connectivity index (χ3n) is 4.30. The van der Waals surface area contributed by atoms with Gasteiger partial charge in [0.05, 0.1) is 29.3 Å². The van der Waals surface area contributed by atoms with Gasteiger partial charge in [-0.25, -0.2) is 28.3 Å². The van der Waals surface area contributed by atoms with E-state index in [1.54, 1.807) is 19.1 Å². The van der Waals surface area contributed by atoms with Gasteiger partial charge in [-0.15, -0.1) is 0 Å². The third kappa shape index (κ3) is 2.73. The van der Waals surface area contributed by atoms with Gasteiger partial charge < -0.3 is 10.1 Å². The van der Waals surface area contributed by atoms with Crippen LogP contribution < -0.4 is 5.69 Å². The van der Waals surface area contributed by atoms with Crippen molar-refractivity contribution in [2.45, 2.75) is 13.5 Å². The molecule has 7 nitrogen and oxygen atoms in total. The van der Waals surface area contributed by atoms with Crippen LogP contribution in [0.15, 0.2) is 35.3 Å². The largest absolute Gasteiger partial charge is 0.478 e. The van der Waals surface area contributed by atoms with Gasteiger partial charge in [-0.2, -0.15) is 0 Å². The molecule has 0 atom stereocenters. The van der Waals surface area contributed by atoms with Gasteiger partial charge in [0.15, 0.2) is 5.65 Å². The van der Waals surface area contributed by atoms with E-state index in [4.69, 9.17) is 5.11 Å². The Hall–Kier alpha value is -3.62. The second-order valence-corrected chi connectivity index (χ2v) is 6.08. The van der Waals surface area contributed by atoms with Gasteiger partial charge >= 0.3 is 11.7 Å². The SMILES string of the molecule is Cc1ccc2c(ncc3[nH]c(=O)n(Cc4c(F)cc(C(=O)O)cc4F)c32)n1. The molecule has 3 heterocycles. The Bertz CT molecular complexity index is 1270. The van der Waals surface area contributed by atoms with Crippen LogP contribution in [0.3, 0.4) is 0 Å². The summed E-state index contributed by atoms with van der Waals surface area (Å²) in [5.41, 5.74) is 0.473. The quantitative estimate of drug-likeness (QED) is 0.577. The molecule has 9 heteroatoms. The van der Waals surface area contributed by atoms with Crippen molar-refractivity contribution >= 4 is 28.0 Å². The fraction of sp³-hybridized carbons (Fsp3) is 0.111. The number of benzene rings is 1. The lowest BCUT2D eigenvalue weighted by Crippen LogP contribution is -2.19. The number of carboxylic acids is 1. The molecule has 0 saturated heterocycles. The lowest BCUT2D eigenvalue weighted by molar-refractivity contribution is 0.0695. The number of imidazole rings is 1.